The van der Waals surface area contributed by atoms with E-state index in [0.717, 1.165) is 49.0 Å². The van der Waals surface area contributed by atoms with E-state index in [-0.39, 0.29) is 5.91 Å². The largest absolute Gasteiger partial charge is 0.325 e. The summed E-state index contributed by atoms with van der Waals surface area (Å²) in [5.74, 6) is 0.0584. The van der Waals surface area contributed by atoms with Crippen LogP contribution in [0.15, 0.2) is 42.5 Å². The van der Waals surface area contributed by atoms with E-state index in [1.165, 1.54) is 11.1 Å². The molecule has 4 nitrogen and oxygen atoms in total. The Kier molecular flexibility index (Phi) is 6.30. The van der Waals surface area contributed by atoms with Gasteiger partial charge >= 0.3 is 0 Å². The molecule has 1 aliphatic rings. The van der Waals surface area contributed by atoms with Crippen molar-refractivity contribution in [1.82, 2.24) is 9.80 Å². The van der Waals surface area contributed by atoms with Crippen molar-refractivity contribution in [2.24, 2.45) is 0 Å². The van der Waals surface area contributed by atoms with Gasteiger partial charge in [0.25, 0.3) is 0 Å². The van der Waals surface area contributed by atoms with Crippen LogP contribution in [0.3, 0.4) is 0 Å². The molecule has 0 spiro atoms. The van der Waals surface area contributed by atoms with Gasteiger partial charge in [-0.15, -0.1) is 0 Å². The topological polar surface area (TPSA) is 35.6 Å². The molecule has 0 bridgehead atoms. The van der Waals surface area contributed by atoms with E-state index in [4.69, 9.17) is 11.6 Å². The first-order valence-electron chi connectivity index (χ1n) is 9.06. The molecule has 0 aliphatic carbocycles. The number of nitrogens with one attached hydrogen (secondary N) is 1. The van der Waals surface area contributed by atoms with Gasteiger partial charge in [-0.1, -0.05) is 41.4 Å². The van der Waals surface area contributed by atoms with Crippen molar-refractivity contribution in [3.8, 4) is 0 Å². The van der Waals surface area contributed by atoms with Gasteiger partial charge in [-0.25, -0.2) is 0 Å². The SMILES string of the molecule is Cc1ccc(NC(=O)CN2CCN(Cc3ccc(Cl)cc3)CC2)c(C)c1. The van der Waals surface area contributed by atoms with E-state index in [0.29, 0.717) is 6.54 Å². The predicted molar refractivity (Wildman–Crippen MR) is 108 cm³/mol. The Hall–Kier alpha value is -1.88. The number of aryl methyl sites for hydroxylation is 2. The highest BCUT2D eigenvalue weighted by Gasteiger charge is 2.19. The number of rotatable bonds is 5. The van der Waals surface area contributed by atoms with Crippen LogP contribution in [0, 0.1) is 13.8 Å². The molecule has 26 heavy (non-hydrogen) atoms. The molecule has 1 N–H and O–H groups in total. The molecule has 3 rings (SSSR count). The van der Waals surface area contributed by atoms with Gasteiger partial charge in [0.1, 0.15) is 0 Å². The number of carbonyl (C=O) groups is 1. The zero-order valence-electron chi connectivity index (χ0n) is 15.5. The molecule has 0 saturated carbocycles. The quantitative estimate of drug-likeness (QED) is 0.870. The third-order valence-corrected chi connectivity index (χ3v) is 5.06. The molecular weight excluding hydrogens is 346 g/mol. The highest BCUT2D eigenvalue weighted by atomic mass is 35.5. The summed E-state index contributed by atoms with van der Waals surface area (Å²) in [6, 6.07) is 14.1. The highest BCUT2D eigenvalue weighted by Crippen LogP contribution is 2.16. The molecule has 1 amide bonds. The van der Waals surface area contributed by atoms with Gasteiger partial charge < -0.3 is 5.32 Å². The second-order valence-electron chi connectivity index (χ2n) is 7.05. The summed E-state index contributed by atoms with van der Waals surface area (Å²) in [5.41, 5.74) is 4.49. The molecule has 2 aromatic carbocycles. The maximum atomic E-state index is 12.3. The summed E-state index contributed by atoms with van der Waals surface area (Å²) in [7, 11) is 0. The molecule has 5 heteroatoms. The van der Waals surface area contributed by atoms with Gasteiger partial charge in [0, 0.05) is 43.4 Å². The molecule has 1 aliphatic heterocycles. The van der Waals surface area contributed by atoms with Crippen molar-refractivity contribution < 1.29 is 4.79 Å². The van der Waals surface area contributed by atoms with Gasteiger partial charge in [-0.05, 0) is 43.2 Å². The van der Waals surface area contributed by atoms with E-state index in [9.17, 15) is 4.79 Å². The monoisotopic (exact) mass is 371 g/mol. The van der Waals surface area contributed by atoms with Crippen LogP contribution >= 0.6 is 11.6 Å². The Morgan fingerprint density at radius 2 is 1.65 bits per heavy atom. The molecule has 1 heterocycles. The third-order valence-electron chi connectivity index (χ3n) is 4.81. The standard InChI is InChI=1S/C21H26ClN3O/c1-16-3-8-20(17(2)13-16)23-21(26)15-25-11-9-24(10-12-25)14-18-4-6-19(22)7-5-18/h3-8,13H,9-12,14-15H2,1-2H3,(H,23,26). The summed E-state index contributed by atoms with van der Waals surface area (Å²) in [5, 5.41) is 3.81. The second-order valence-corrected chi connectivity index (χ2v) is 7.48. The Morgan fingerprint density at radius 1 is 1.00 bits per heavy atom. The minimum Gasteiger partial charge on any atom is -0.325 e. The van der Waals surface area contributed by atoms with E-state index in [2.05, 4.69) is 40.2 Å². The fourth-order valence-electron chi connectivity index (χ4n) is 3.30. The maximum Gasteiger partial charge on any atom is 0.238 e. The summed E-state index contributed by atoms with van der Waals surface area (Å²) < 4.78 is 0. The fraction of sp³-hybridized carbons (Fsp3) is 0.381. The number of carbonyl (C=O) groups excluding carboxylic acids is 1. The molecule has 1 fully saturated rings. The Bertz CT molecular complexity index is 752. The number of hydrogen-bond acceptors (Lipinski definition) is 3. The van der Waals surface area contributed by atoms with Crippen molar-refractivity contribution in [3.05, 3.63) is 64.2 Å². The number of anilines is 1. The van der Waals surface area contributed by atoms with Crippen molar-refractivity contribution in [2.45, 2.75) is 20.4 Å². The summed E-state index contributed by atoms with van der Waals surface area (Å²) >= 11 is 5.94. The molecular formula is C21H26ClN3O. The van der Waals surface area contributed by atoms with Crippen LogP contribution in [0.5, 0.6) is 0 Å². The number of benzene rings is 2. The number of piperazine rings is 1. The summed E-state index contributed by atoms with van der Waals surface area (Å²) in [6.45, 7) is 9.23. The lowest BCUT2D eigenvalue weighted by molar-refractivity contribution is -0.117. The number of amides is 1. The number of hydrogen-bond donors (Lipinski definition) is 1. The van der Waals surface area contributed by atoms with Crippen molar-refractivity contribution >= 4 is 23.2 Å². The lowest BCUT2D eigenvalue weighted by Crippen LogP contribution is -2.48. The molecule has 0 radical (unpaired) electrons. The van der Waals surface area contributed by atoms with Crippen LogP contribution < -0.4 is 5.32 Å². The van der Waals surface area contributed by atoms with E-state index in [1.807, 2.05) is 31.2 Å². The second kappa shape index (κ2) is 8.67. The molecule has 0 atom stereocenters. The molecule has 0 aromatic heterocycles. The Balaban J connectivity index is 1.44. The lowest BCUT2D eigenvalue weighted by Gasteiger charge is -2.34. The molecule has 2 aromatic rings. The van der Waals surface area contributed by atoms with Crippen LogP contribution in [0.4, 0.5) is 5.69 Å². The van der Waals surface area contributed by atoms with Gasteiger partial charge in [0.15, 0.2) is 0 Å². The van der Waals surface area contributed by atoms with Crippen molar-refractivity contribution in [1.29, 1.82) is 0 Å². The van der Waals surface area contributed by atoms with Crippen molar-refractivity contribution in [3.63, 3.8) is 0 Å². The van der Waals surface area contributed by atoms with E-state index < -0.39 is 0 Å². The summed E-state index contributed by atoms with van der Waals surface area (Å²) in [6.07, 6.45) is 0. The Morgan fingerprint density at radius 3 is 2.31 bits per heavy atom. The van der Waals surface area contributed by atoms with E-state index >= 15 is 0 Å². The smallest absolute Gasteiger partial charge is 0.238 e. The third kappa shape index (κ3) is 5.31. The number of halogens is 1. The van der Waals surface area contributed by atoms with Gasteiger partial charge in [-0.3, -0.25) is 14.6 Å². The van der Waals surface area contributed by atoms with Crippen LogP contribution in [0.25, 0.3) is 0 Å². The Labute approximate surface area is 160 Å². The molecule has 1 saturated heterocycles. The average molecular weight is 372 g/mol. The minimum atomic E-state index is 0.0584. The zero-order chi connectivity index (χ0) is 18.5. The van der Waals surface area contributed by atoms with Gasteiger partial charge in [0.2, 0.25) is 5.91 Å². The normalized spacial score (nSPS) is 15.8. The molecule has 138 valence electrons. The average Bonchev–Trinajstić information content (AvgIpc) is 2.61. The van der Waals surface area contributed by atoms with Crippen LogP contribution in [0.1, 0.15) is 16.7 Å². The first-order chi connectivity index (χ1) is 12.5. The highest BCUT2D eigenvalue weighted by molar-refractivity contribution is 6.30. The van der Waals surface area contributed by atoms with Crippen molar-refractivity contribution in [2.75, 3.05) is 38.0 Å². The van der Waals surface area contributed by atoms with Crippen LogP contribution in [0.2, 0.25) is 5.02 Å². The first kappa shape index (κ1) is 18.9. The first-order valence-corrected chi connectivity index (χ1v) is 9.43. The van der Waals surface area contributed by atoms with Gasteiger partial charge in [-0.2, -0.15) is 0 Å². The minimum absolute atomic E-state index is 0.0584. The van der Waals surface area contributed by atoms with Gasteiger partial charge in [0.05, 0.1) is 6.54 Å². The predicted octanol–water partition coefficient (Wildman–Crippen LogP) is 3.71. The fourth-order valence-corrected chi connectivity index (χ4v) is 3.43. The zero-order valence-corrected chi connectivity index (χ0v) is 16.2. The van der Waals surface area contributed by atoms with E-state index in [1.54, 1.807) is 0 Å². The van der Waals surface area contributed by atoms with Crippen LogP contribution in [-0.4, -0.2) is 48.4 Å². The number of nitrogens with zero attached hydrogens (tertiary/aromatic N) is 2. The maximum absolute atomic E-state index is 12.3. The van der Waals surface area contributed by atoms with Crippen LogP contribution in [-0.2, 0) is 11.3 Å². The lowest BCUT2D eigenvalue weighted by atomic mass is 10.1. The molecule has 0 unspecified atom stereocenters. The summed E-state index contributed by atoms with van der Waals surface area (Å²) in [4.78, 5) is 17.0.